The summed E-state index contributed by atoms with van der Waals surface area (Å²) in [6, 6.07) is 11.0. The minimum absolute atomic E-state index is 0.0932. The van der Waals surface area contributed by atoms with Crippen molar-refractivity contribution in [3.63, 3.8) is 0 Å². The molecule has 1 aromatic heterocycles. The van der Waals surface area contributed by atoms with Gasteiger partial charge in [0, 0.05) is 19.0 Å². The van der Waals surface area contributed by atoms with E-state index < -0.39 is 5.97 Å². The Hall–Kier alpha value is -2.56. The van der Waals surface area contributed by atoms with E-state index in [0.29, 0.717) is 5.76 Å². The van der Waals surface area contributed by atoms with Gasteiger partial charge < -0.3 is 14.5 Å². The molecule has 0 saturated carbocycles. The van der Waals surface area contributed by atoms with E-state index in [1.165, 1.54) is 20.2 Å². The van der Waals surface area contributed by atoms with Crippen molar-refractivity contribution in [2.75, 3.05) is 14.2 Å². The minimum Gasteiger partial charge on any atom is -0.465 e. The van der Waals surface area contributed by atoms with Crippen molar-refractivity contribution < 1.29 is 18.7 Å². The van der Waals surface area contributed by atoms with Gasteiger partial charge in [0.25, 0.3) is 5.91 Å². The lowest BCUT2D eigenvalue weighted by Crippen LogP contribution is -2.16. The van der Waals surface area contributed by atoms with Gasteiger partial charge in [-0.15, -0.1) is 0 Å². The van der Waals surface area contributed by atoms with E-state index in [2.05, 4.69) is 5.32 Å². The first-order valence-electron chi connectivity index (χ1n) is 6.57. The molecule has 1 N–H and O–H groups in total. The highest BCUT2D eigenvalue weighted by Crippen LogP contribution is 2.30. The summed E-state index contributed by atoms with van der Waals surface area (Å²) < 4.78 is 10.4. The molecule has 5 heteroatoms. The molecule has 110 valence electrons. The van der Waals surface area contributed by atoms with Gasteiger partial charge in [-0.25, -0.2) is 4.79 Å². The summed E-state index contributed by atoms with van der Waals surface area (Å²) in [5.74, 6) is -0.556. The predicted octanol–water partition coefficient (Wildman–Crippen LogP) is 2.58. The SMILES string of the molecule is CNC(=O)c1cc(C(=O)OC)c([C@@H](C)c2ccccc2)o1. The van der Waals surface area contributed by atoms with Crippen LogP contribution in [0.1, 0.15) is 45.1 Å². The first-order chi connectivity index (χ1) is 10.1. The van der Waals surface area contributed by atoms with E-state index in [1.54, 1.807) is 0 Å². The fourth-order valence-corrected chi connectivity index (χ4v) is 2.12. The Balaban J connectivity index is 2.48. The molecule has 2 rings (SSSR count). The van der Waals surface area contributed by atoms with Gasteiger partial charge in [0.1, 0.15) is 11.3 Å². The van der Waals surface area contributed by atoms with Crippen LogP contribution >= 0.6 is 0 Å². The Morgan fingerprint density at radius 3 is 2.48 bits per heavy atom. The van der Waals surface area contributed by atoms with Gasteiger partial charge in [-0.2, -0.15) is 0 Å². The van der Waals surface area contributed by atoms with E-state index in [4.69, 9.17) is 9.15 Å². The van der Waals surface area contributed by atoms with Gasteiger partial charge in [-0.05, 0) is 5.56 Å². The summed E-state index contributed by atoms with van der Waals surface area (Å²) >= 11 is 0. The van der Waals surface area contributed by atoms with Crippen molar-refractivity contribution in [1.29, 1.82) is 0 Å². The smallest absolute Gasteiger partial charge is 0.341 e. The van der Waals surface area contributed by atoms with Crippen molar-refractivity contribution in [2.45, 2.75) is 12.8 Å². The maximum absolute atomic E-state index is 11.9. The Kier molecular flexibility index (Phi) is 4.42. The number of furan rings is 1. The van der Waals surface area contributed by atoms with Crippen molar-refractivity contribution in [2.24, 2.45) is 0 Å². The third-order valence-electron chi connectivity index (χ3n) is 3.31. The minimum atomic E-state index is -0.522. The summed E-state index contributed by atoms with van der Waals surface area (Å²) in [4.78, 5) is 23.6. The van der Waals surface area contributed by atoms with Crippen LogP contribution in [0.2, 0.25) is 0 Å². The van der Waals surface area contributed by atoms with Crippen molar-refractivity contribution in [3.05, 3.63) is 59.0 Å². The molecule has 1 atom stereocenters. The summed E-state index contributed by atoms with van der Waals surface area (Å²) in [5.41, 5.74) is 1.26. The molecule has 1 amide bonds. The molecule has 0 aliphatic carbocycles. The third kappa shape index (κ3) is 2.97. The second-order valence-electron chi connectivity index (χ2n) is 4.59. The Morgan fingerprint density at radius 2 is 1.90 bits per heavy atom. The summed E-state index contributed by atoms with van der Waals surface area (Å²) in [7, 11) is 2.80. The standard InChI is InChI=1S/C16H17NO4/c1-10(11-7-5-4-6-8-11)14-12(16(19)20-3)9-13(21-14)15(18)17-2/h4-10H,1-3H3,(H,17,18)/t10-/m0/s1. The van der Waals surface area contributed by atoms with Gasteiger partial charge in [-0.1, -0.05) is 37.3 Å². The van der Waals surface area contributed by atoms with E-state index in [9.17, 15) is 9.59 Å². The molecular weight excluding hydrogens is 270 g/mol. The fraction of sp³-hybridized carbons (Fsp3) is 0.250. The van der Waals surface area contributed by atoms with Crippen molar-refractivity contribution in [1.82, 2.24) is 5.32 Å². The van der Waals surface area contributed by atoms with Crippen LogP contribution in [-0.4, -0.2) is 26.0 Å². The predicted molar refractivity (Wildman–Crippen MR) is 77.4 cm³/mol. The number of benzene rings is 1. The zero-order valence-corrected chi connectivity index (χ0v) is 12.2. The van der Waals surface area contributed by atoms with Gasteiger partial charge in [0.05, 0.1) is 7.11 Å². The molecule has 1 heterocycles. The van der Waals surface area contributed by atoms with E-state index in [0.717, 1.165) is 5.56 Å². The first kappa shape index (κ1) is 14.8. The molecule has 2 aromatic rings. The molecule has 0 aliphatic rings. The summed E-state index contributed by atoms with van der Waals surface area (Å²) in [6.45, 7) is 1.91. The second kappa shape index (κ2) is 6.26. The maximum Gasteiger partial charge on any atom is 0.341 e. The lowest BCUT2D eigenvalue weighted by Gasteiger charge is -2.10. The zero-order chi connectivity index (χ0) is 15.4. The lowest BCUT2D eigenvalue weighted by molar-refractivity contribution is 0.0597. The molecule has 0 aliphatic heterocycles. The van der Waals surface area contributed by atoms with Gasteiger partial charge in [-0.3, -0.25) is 4.79 Å². The normalized spacial score (nSPS) is 11.8. The Morgan fingerprint density at radius 1 is 1.24 bits per heavy atom. The van der Waals surface area contributed by atoms with Gasteiger partial charge >= 0.3 is 5.97 Å². The number of hydrogen-bond acceptors (Lipinski definition) is 4. The van der Waals surface area contributed by atoms with E-state index in [-0.39, 0.29) is 23.1 Å². The third-order valence-corrected chi connectivity index (χ3v) is 3.31. The molecule has 0 spiro atoms. The van der Waals surface area contributed by atoms with Crippen LogP contribution in [-0.2, 0) is 4.74 Å². The number of methoxy groups -OCH3 is 1. The number of ether oxygens (including phenoxy) is 1. The van der Waals surface area contributed by atoms with Crippen LogP contribution in [0.5, 0.6) is 0 Å². The number of carbonyl (C=O) groups is 2. The molecule has 21 heavy (non-hydrogen) atoms. The molecule has 0 bridgehead atoms. The van der Waals surface area contributed by atoms with Crippen molar-refractivity contribution in [3.8, 4) is 0 Å². The number of rotatable bonds is 4. The van der Waals surface area contributed by atoms with Gasteiger partial charge in [0.2, 0.25) is 0 Å². The van der Waals surface area contributed by atoms with Crippen LogP contribution in [0.3, 0.4) is 0 Å². The van der Waals surface area contributed by atoms with Crippen molar-refractivity contribution >= 4 is 11.9 Å². The zero-order valence-electron chi connectivity index (χ0n) is 12.2. The first-order valence-corrected chi connectivity index (χ1v) is 6.57. The van der Waals surface area contributed by atoms with E-state index >= 15 is 0 Å². The van der Waals surface area contributed by atoms with E-state index in [1.807, 2.05) is 37.3 Å². The highest BCUT2D eigenvalue weighted by atomic mass is 16.5. The summed E-state index contributed by atoms with van der Waals surface area (Å²) in [6.07, 6.45) is 0. The number of carbonyl (C=O) groups excluding carboxylic acids is 2. The second-order valence-corrected chi connectivity index (χ2v) is 4.59. The maximum atomic E-state index is 11.9. The fourth-order valence-electron chi connectivity index (χ4n) is 2.12. The molecule has 0 fully saturated rings. The molecule has 0 unspecified atom stereocenters. The Bertz CT molecular complexity index is 646. The summed E-state index contributed by atoms with van der Waals surface area (Å²) in [5, 5.41) is 2.47. The largest absolute Gasteiger partial charge is 0.465 e. The van der Waals surface area contributed by atoms with Crippen LogP contribution in [0.25, 0.3) is 0 Å². The molecule has 1 aromatic carbocycles. The average molecular weight is 287 g/mol. The van der Waals surface area contributed by atoms with Gasteiger partial charge in [0.15, 0.2) is 5.76 Å². The molecular formula is C16H17NO4. The van der Waals surface area contributed by atoms with Crippen LogP contribution in [0.4, 0.5) is 0 Å². The number of nitrogens with one attached hydrogen (secondary N) is 1. The molecule has 0 saturated heterocycles. The Labute approximate surface area is 122 Å². The van der Waals surface area contributed by atoms with Crippen LogP contribution in [0, 0.1) is 0 Å². The monoisotopic (exact) mass is 287 g/mol. The van der Waals surface area contributed by atoms with Crippen LogP contribution < -0.4 is 5.32 Å². The molecule has 0 radical (unpaired) electrons. The number of amides is 1. The highest BCUT2D eigenvalue weighted by molar-refractivity contribution is 5.97. The number of esters is 1. The molecule has 5 nitrogen and oxygen atoms in total. The topological polar surface area (TPSA) is 68.5 Å². The van der Waals surface area contributed by atoms with Crippen LogP contribution in [0.15, 0.2) is 40.8 Å². The highest BCUT2D eigenvalue weighted by Gasteiger charge is 2.25. The lowest BCUT2D eigenvalue weighted by atomic mass is 9.96. The average Bonchev–Trinajstić information content (AvgIpc) is 2.98. The number of hydrogen-bond donors (Lipinski definition) is 1. The quantitative estimate of drug-likeness (QED) is 0.878.